The van der Waals surface area contributed by atoms with Crippen molar-refractivity contribution >= 4 is 23.2 Å². The van der Waals surface area contributed by atoms with Crippen molar-refractivity contribution in [3.05, 3.63) is 24.3 Å². The van der Waals surface area contributed by atoms with E-state index in [1.54, 1.807) is 0 Å². The highest BCUT2D eigenvalue weighted by atomic mass is 16.2. The van der Waals surface area contributed by atoms with E-state index in [4.69, 9.17) is 0 Å². The van der Waals surface area contributed by atoms with Crippen molar-refractivity contribution in [1.82, 2.24) is 10.6 Å². The molecule has 2 heterocycles. The van der Waals surface area contributed by atoms with Gasteiger partial charge >= 0.3 is 0 Å². The summed E-state index contributed by atoms with van der Waals surface area (Å²) < 4.78 is 0. The van der Waals surface area contributed by atoms with Crippen molar-refractivity contribution < 1.29 is 9.59 Å². The van der Waals surface area contributed by atoms with Crippen LogP contribution in [0.25, 0.3) is 0 Å². The van der Waals surface area contributed by atoms with Gasteiger partial charge in [-0.05, 0) is 57.4 Å². The van der Waals surface area contributed by atoms with E-state index in [2.05, 4.69) is 26.9 Å². The lowest BCUT2D eigenvalue weighted by Crippen LogP contribution is -2.38. The first-order valence-corrected chi connectivity index (χ1v) is 9.78. The maximum atomic E-state index is 12.3. The van der Waals surface area contributed by atoms with Crippen LogP contribution in [0, 0.1) is 0 Å². The molecule has 3 rings (SSSR count). The van der Waals surface area contributed by atoms with Crippen molar-refractivity contribution in [3.8, 4) is 0 Å². The Bertz CT molecular complexity index is 622. The van der Waals surface area contributed by atoms with E-state index < -0.39 is 0 Å². The molecule has 2 aliphatic heterocycles. The molecule has 0 radical (unpaired) electrons. The van der Waals surface area contributed by atoms with Crippen LogP contribution in [0.2, 0.25) is 0 Å². The predicted molar refractivity (Wildman–Crippen MR) is 104 cm³/mol. The van der Waals surface area contributed by atoms with Gasteiger partial charge in [0.1, 0.15) is 0 Å². The third kappa shape index (κ3) is 5.46. The van der Waals surface area contributed by atoms with Gasteiger partial charge in [-0.2, -0.15) is 0 Å². The Hall–Kier alpha value is -2.08. The van der Waals surface area contributed by atoms with Crippen LogP contribution in [0.15, 0.2) is 24.3 Å². The number of nitrogens with zero attached hydrogens (tertiary/aromatic N) is 1. The SMILES string of the molecule is CC(CC(=O)Nc1cccc(N2CCCC2)c1)NC(=O)CC1CCCN1. The summed E-state index contributed by atoms with van der Waals surface area (Å²) in [6.45, 7) is 5.03. The summed E-state index contributed by atoms with van der Waals surface area (Å²) >= 11 is 0. The molecule has 3 N–H and O–H groups in total. The summed E-state index contributed by atoms with van der Waals surface area (Å²) in [6.07, 6.45) is 5.40. The van der Waals surface area contributed by atoms with Crippen molar-refractivity contribution in [1.29, 1.82) is 0 Å². The van der Waals surface area contributed by atoms with Crippen LogP contribution in [-0.2, 0) is 9.59 Å². The van der Waals surface area contributed by atoms with E-state index in [0.717, 1.165) is 43.9 Å². The van der Waals surface area contributed by atoms with Crippen LogP contribution in [0.4, 0.5) is 11.4 Å². The molecule has 0 bridgehead atoms. The zero-order chi connectivity index (χ0) is 18.4. The summed E-state index contributed by atoms with van der Waals surface area (Å²) in [5.74, 6) is -0.0592. The Morgan fingerprint density at radius 1 is 1.23 bits per heavy atom. The van der Waals surface area contributed by atoms with E-state index in [-0.39, 0.29) is 30.3 Å². The largest absolute Gasteiger partial charge is 0.371 e. The normalized spacial score (nSPS) is 20.8. The molecule has 1 aromatic carbocycles. The van der Waals surface area contributed by atoms with Gasteiger partial charge in [0.2, 0.25) is 11.8 Å². The Kier molecular flexibility index (Phi) is 6.50. The summed E-state index contributed by atoms with van der Waals surface area (Å²) in [6, 6.07) is 8.10. The molecule has 0 aliphatic carbocycles. The maximum absolute atomic E-state index is 12.3. The van der Waals surface area contributed by atoms with E-state index >= 15 is 0 Å². The molecule has 2 fully saturated rings. The minimum Gasteiger partial charge on any atom is -0.371 e. The Morgan fingerprint density at radius 2 is 2.04 bits per heavy atom. The van der Waals surface area contributed by atoms with Crippen LogP contribution in [0.3, 0.4) is 0 Å². The number of anilines is 2. The smallest absolute Gasteiger partial charge is 0.226 e. The second-order valence-electron chi connectivity index (χ2n) is 7.46. The Labute approximate surface area is 155 Å². The maximum Gasteiger partial charge on any atom is 0.226 e. The summed E-state index contributed by atoms with van der Waals surface area (Å²) in [5, 5.41) is 9.20. The van der Waals surface area contributed by atoms with Crippen molar-refractivity contribution in [2.75, 3.05) is 29.9 Å². The molecule has 2 atom stereocenters. The van der Waals surface area contributed by atoms with Crippen LogP contribution in [0.1, 0.15) is 45.4 Å². The van der Waals surface area contributed by atoms with E-state index in [9.17, 15) is 9.59 Å². The van der Waals surface area contributed by atoms with Gasteiger partial charge in [-0.15, -0.1) is 0 Å². The quantitative estimate of drug-likeness (QED) is 0.699. The van der Waals surface area contributed by atoms with Crippen molar-refractivity contribution in [2.24, 2.45) is 0 Å². The van der Waals surface area contributed by atoms with Crippen LogP contribution < -0.4 is 20.9 Å². The number of hydrogen-bond acceptors (Lipinski definition) is 4. The van der Waals surface area contributed by atoms with Gasteiger partial charge in [-0.25, -0.2) is 0 Å². The second kappa shape index (κ2) is 9.03. The summed E-state index contributed by atoms with van der Waals surface area (Å²) in [4.78, 5) is 26.7. The lowest BCUT2D eigenvalue weighted by molar-refractivity contribution is -0.122. The molecule has 26 heavy (non-hydrogen) atoms. The van der Waals surface area contributed by atoms with Gasteiger partial charge in [0.05, 0.1) is 0 Å². The Balaban J connectivity index is 1.44. The van der Waals surface area contributed by atoms with Gasteiger partial charge in [0.25, 0.3) is 0 Å². The molecule has 2 amide bonds. The fourth-order valence-corrected chi connectivity index (χ4v) is 3.79. The number of benzene rings is 1. The van der Waals surface area contributed by atoms with E-state index in [1.165, 1.54) is 12.8 Å². The highest BCUT2D eigenvalue weighted by Crippen LogP contribution is 2.23. The van der Waals surface area contributed by atoms with Gasteiger partial charge in [-0.1, -0.05) is 6.07 Å². The fourth-order valence-electron chi connectivity index (χ4n) is 3.79. The average Bonchev–Trinajstić information content (AvgIpc) is 3.28. The molecule has 0 spiro atoms. The van der Waals surface area contributed by atoms with Gasteiger partial charge < -0.3 is 20.9 Å². The molecule has 1 aromatic rings. The van der Waals surface area contributed by atoms with E-state index in [0.29, 0.717) is 6.42 Å². The molecule has 0 saturated carbocycles. The molecule has 2 aliphatic rings. The summed E-state index contributed by atoms with van der Waals surface area (Å²) in [7, 11) is 0. The predicted octanol–water partition coefficient (Wildman–Crippen LogP) is 2.26. The second-order valence-corrected chi connectivity index (χ2v) is 7.46. The number of nitrogens with one attached hydrogen (secondary N) is 3. The zero-order valence-corrected chi connectivity index (χ0v) is 15.6. The third-order valence-corrected chi connectivity index (χ3v) is 5.09. The van der Waals surface area contributed by atoms with Gasteiger partial charge in [-0.3, -0.25) is 9.59 Å². The third-order valence-electron chi connectivity index (χ3n) is 5.09. The highest BCUT2D eigenvalue weighted by Gasteiger charge is 2.19. The number of amides is 2. The van der Waals surface area contributed by atoms with Crippen LogP contribution in [-0.4, -0.2) is 43.5 Å². The number of rotatable bonds is 7. The van der Waals surface area contributed by atoms with Gasteiger partial charge in [0.15, 0.2) is 0 Å². The Morgan fingerprint density at radius 3 is 2.77 bits per heavy atom. The first kappa shape index (κ1) is 18.7. The lowest BCUT2D eigenvalue weighted by Gasteiger charge is -2.19. The van der Waals surface area contributed by atoms with E-state index in [1.807, 2.05) is 25.1 Å². The zero-order valence-electron chi connectivity index (χ0n) is 15.6. The first-order valence-electron chi connectivity index (χ1n) is 9.78. The standard InChI is InChI=1S/C20H30N4O2/c1-15(22-20(26)14-16-7-5-9-21-16)12-19(25)23-17-6-4-8-18(13-17)24-10-2-3-11-24/h4,6,8,13,15-16,21H,2-3,5,7,9-12,14H2,1H3,(H,22,26)(H,23,25). The molecule has 2 unspecified atom stereocenters. The average molecular weight is 358 g/mol. The molecular weight excluding hydrogens is 328 g/mol. The monoisotopic (exact) mass is 358 g/mol. The summed E-state index contributed by atoms with van der Waals surface area (Å²) in [5.41, 5.74) is 1.97. The van der Waals surface area contributed by atoms with Crippen molar-refractivity contribution in [2.45, 2.75) is 57.5 Å². The molecule has 0 aromatic heterocycles. The highest BCUT2D eigenvalue weighted by molar-refractivity contribution is 5.92. The number of hydrogen-bond donors (Lipinski definition) is 3. The topological polar surface area (TPSA) is 73.5 Å². The minimum atomic E-state index is -0.175. The molecule has 6 nitrogen and oxygen atoms in total. The minimum absolute atomic E-state index is 0.0146. The number of carbonyl (C=O) groups excluding carboxylic acids is 2. The van der Waals surface area contributed by atoms with Crippen LogP contribution in [0.5, 0.6) is 0 Å². The van der Waals surface area contributed by atoms with Gasteiger partial charge in [0, 0.05) is 49.4 Å². The molecule has 2 saturated heterocycles. The van der Waals surface area contributed by atoms with Crippen molar-refractivity contribution in [3.63, 3.8) is 0 Å². The van der Waals surface area contributed by atoms with Crippen LogP contribution >= 0.6 is 0 Å². The molecule has 6 heteroatoms. The molecular formula is C20H30N4O2. The fraction of sp³-hybridized carbons (Fsp3) is 0.600. The molecule has 142 valence electrons. The lowest BCUT2D eigenvalue weighted by atomic mass is 10.1. The number of carbonyl (C=O) groups is 2. The first-order chi connectivity index (χ1) is 12.6.